The molecule has 0 unspecified atom stereocenters. The molecule has 0 atom stereocenters. The zero-order chi connectivity index (χ0) is 14.0. The molecule has 1 fully saturated rings. The van der Waals surface area contributed by atoms with Gasteiger partial charge in [-0.2, -0.15) is 4.31 Å². The van der Waals surface area contributed by atoms with Gasteiger partial charge in [0.15, 0.2) is 0 Å². The summed E-state index contributed by atoms with van der Waals surface area (Å²) in [6, 6.07) is 3.45. The van der Waals surface area contributed by atoms with E-state index in [1.54, 1.807) is 16.4 Å². The monoisotopic (exact) mass is 282 g/mol. The average molecular weight is 282 g/mol. The maximum Gasteiger partial charge on any atom is 0.245 e. The molecule has 2 N–H and O–H groups in total. The molecule has 1 aliphatic rings. The Morgan fingerprint density at radius 1 is 1.00 bits per heavy atom. The summed E-state index contributed by atoms with van der Waals surface area (Å²) in [7, 11) is -3.45. The largest absolute Gasteiger partial charge is 0.398 e. The number of anilines is 1. The first-order chi connectivity index (χ1) is 8.93. The molecule has 0 radical (unpaired) electrons. The highest BCUT2D eigenvalue weighted by molar-refractivity contribution is 7.89. The zero-order valence-corrected chi connectivity index (χ0v) is 12.5. The number of sulfonamides is 1. The van der Waals surface area contributed by atoms with Crippen LogP contribution in [0.3, 0.4) is 0 Å². The Bertz CT molecular complexity index is 559. The average Bonchev–Trinajstić information content (AvgIpc) is 2.62. The molecule has 1 aromatic carbocycles. The van der Waals surface area contributed by atoms with Gasteiger partial charge in [0, 0.05) is 13.1 Å². The number of benzene rings is 1. The van der Waals surface area contributed by atoms with E-state index >= 15 is 0 Å². The first-order valence-electron chi connectivity index (χ1n) is 6.80. The Morgan fingerprint density at radius 2 is 1.53 bits per heavy atom. The van der Waals surface area contributed by atoms with E-state index in [-0.39, 0.29) is 4.90 Å². The van der Waals surface area contributed by atoms with Gasteiger partial charge in [0.2, 0.25) is 10.0 Å². The second-order valence-electron chi connectivity index (χ2n) is 5.29. The van der Waals surface area contributed by atoms with Crippen LogP contribution in [0.4, 0.5) is 5.69 Å². The summed E-state index contributed by atoms with van der Waals surface area (Å²) in [6.07, 6.45) is 4.08. The number of hydrogen-bond donors (Lipinski definition) is 1. The highest BCUT2D eigenvalue weighted by Gasteiger charge is 2.27. The fraction of sp³-hybridized carbons (Fsp3) is 0.571. The maximum atomic E-state index is 12.7. The van der Waals surface area contributed by atoms with E-state index < -0.39 is 10.0 Å². The first kappa shape index (κ1) is 14.3. The Hall–Kier alpha value is -1.07. The Labute approximate surface area is 115 Å². The number of aryl methyl sites for hydroxylation is 2. The van der Waals surface area contributed by atoms with Gasteiger partial charge in [-0.25, -0.2) is 8.42 Å². The lowest BCUT2D eigenvalue weighted by molar-refractivity contribution is 0.424. The highest BCUT2D eigenvalue weighted by atomic mass is 32.2. The van der Waals surface area contributed by atoms with E-state index in [1.807, 2.05) is 13.8 Å². The predicted molar refractivity (Wildman–Crippen MR) is 77.6 cm³/mol. The van der Waals surface area contributed by atoms with Crippen LogP contribution in [0.5, 0.6) is 0 Å². The van der Waals surface area contributed by atoms with Crippen LogP contribution in [-0.4, -0.2) is 25.8 Å². The van der Waals surface area contributed by atoms with E-state index in [9.17, 15) is 8.42 Å². The minimum atomic E-state index is -3.45. The van der Waals surface area contributed by atoms with Crippen molar-refractivity contribution >= 4 is 15.7 Å². The van der Waals surface area contributed by atoms with Crippen LogP contribution in [0.15, 0.2) is 17.0 Å². The van der Waals surface area contributed by atoms with Crippen molar-refractivity contribution in [2.75, 3.05) is 18.8 Å². The van der Waals surface area contributed by atoms with Gasteiger partial charge < -0.3 is 5.73 Å². The van der Waals surface area contributed by atoms with Crippen LogP contribution < -0.4 is 5.73 Å². The number of nitrogen functional groups attached to an aromatic ring is 1. The van der Waals surface area contributed by atoms with Crippen molar-refractivity contribution in [1.82, 2.24) is 4.31 Å². The SMILES string of the molecule is Cc1cc(N)c(S(=O)(=O)N2CCCCCC2)cc1C. The lowest BCUT2D eigenvalue weighted by Crippen LogP contribution is -2.32. The summed E-state index contributed by atoms with van der Waals surface area (Å²) >= 11 is 0. The van der Waals surface area contributed by atoms with E-state index in [1.165, 1.54) is 0 Å². The standard InChI is InChI=1S/C14H22N2O2S/c1-11-9-13(15)14(10-12(11)2)19(17,18)16-7-5-3-4-6-8-16/h9-10H,3-8,15H2,1-2H3. The third-order valence-corrected chi connectivity index (χ3v) is 5.76. The molecule has 4 nitrogen and oxygen atoms in total. The summed E-state index contributed by atoms with van der Waals surface area (Å²) in [5.74, 6) is 0. The van der Waals surface area contributed by atoms with E-state index in [2.05, 4.69) is 0 Å². The molecule has 19 heavy (non-hydrogen) atoms. The Balaban J connectivity index is 2.41. The van der Waals surface area contributed by atoms with E-state index in [4.69, 9.17) is 5.73 Å². The van der Waals surface area contributed by atoms with Crippen LogP contribution >= 0.6 is 0 Å². The Morgan fingerprint density at radius 3 is 2.11 bits per heavy atom. The van der Waals surface area contributed by atoms with Crippen LogP contribution in [-0.2, 0) is 10.0 Å². The topological polar surface area (TPSA) is 63.4 Å². The summed E-state index contributed by atoms with van der Waals surface area (Å²) in [5, 5.41) is 0. The fourth-order valence-corrected chi connectivity index (χ4v) is 4.16. The van der Waals surface area contributed by atoms with Gasteiger partial charge in [-0.15, -0.1) is 0 Å². The quantitative estimate of drug-likeness (QED) is 0.847. The molecule has 0 amide bonds. The fourth-order valence-electron chi connectivity index (χ4n) is 2.46. The summed E-state index contributed by atoms with van der Waals surface area (Å²) in [5.41, 5.74) is 8.25. The molecule has 1 saturated heterocycles. The summed E-state index contributed by atoms with van der Waals surface area (Å²) < 4.78 is 26.9. The van der Waals surface area contributed by atoms with Gasteiger partial charge in [0.05, 0.1) is 5.69 Å². The molecular formula is C14H22N2O2S. The number of nitrogens with zero attached hydrogens (tertiary/aromatic N) is 1. The zero-order valence-electron chi connectivity index (χ0n) is 11.6. The van der Waals surface area contributed by atoms with Crippen LogP contribution in [0, 0.1) is 13.8 Å². The molecule has 106 valence electrons. The molecule has 0 aliphatic carbocycles. The maximum absolute atomic E-state index is 12.7. The molecule has 2 rings (SSSR count). The van der Waals surface area contributed by atoms with E-state index in [0.717, 1.165) is 36.8 Å². The molecule has 0 bridgehead atoms. The normalized spacial score (nSPS) is 18.2. The van der Waals surface area contributed by atoms with Crippen molar-refractivity contribution in [2.45, 2.75) is 44.4 Å². The number of rotatable bonds is 2. The molecule has 0 aromatic heterocycles. The van der Waals surface area contributed by atoms with Crippen LogP contribution in [0.2, 0.25) is 0 Å². The lowest BCUT2D eigenvalue weighted by Gasteiger charge is -2.21. The smallest absolute Gasteiger partial charge is 0.245 e. The summed E-state index contributed by atoms with van der Waals surface area (Å²) in [6.45, 7) is 5.06. The van der Waals surface area contributed by atoms with Crippen molar-refractivity contribution < 1.29 is 8.42 Å². The van der Waals surface area contributed by atoms with Crippen LogP contribution in [0.25, 0.3) is 0 Å². The second kappa shape index (κ2) is 5.51. The first-order valence-corrected chi connectivity index (χ1v) is 8.24. The molecular weight excluding hydrogens is 260 g/mol. The van der Waals surface area contributed by atoms with Crippen molar-refractivity contribution in [3.63, 3.8) is 0 Å². The van der Waals surface area contributed by atoms with Gasteiger partial charge in [0.1, 0.15) is 4.90 Å². The molecule has 1 heterocycles. The molecule has 1 aliphatic heterocycles. The molecule has 0 saturated carbocycles. The van der Waals surface area contributed by atoms with Crippen molar-refractivity contribution in [1.29, 1.82) is 0 Å². The minimum absolute atomic E-state index is 0.262. The number of nitrogens with two attached hydrogens (primary N) is 1. The van der Waals surface area contributed by atoms with Gasteiger partial charge >= 0.3 is 0 Å². The Kier molecular flexibility index (Phi) is 4.16. The summed E-state index contributed by atoms with van der Waals surface area (Å²) in [4.78, 5) is 0.262. The van der Waals surface area contributed by atoms with Gasteiger partial charge in [-0.3, -0.25) is 0 Å². The third kappa shape index (κ3) is 2.92. The number of hydrogen-bond acceptors (Lipinski definition) is 3. The second-order valence-corrected chi connectivity index (χ2v) is 7.20. The minimum Gasteiger partial charge on any atom is -0.398 e. The van der Waals surface area contributed by atoms with Gasteiger partial charge in [-0.05, 0) is 49.9 Å². The highest BCUT2D eigenvalue weighted by Crippen LogP contribution is 2.27. The van der Waals surface area contributed by atoms with Gasteiger partial charge in [0.25, 0.3) is 0 Å². The van der Waals surface area contributed by atoms with Crippen molar-refractivity contribution in [2.24, 2.45) is 0 Å². The van der Waals surface area contributed by atoms with Crippen LogP contribution in [0.1, 0.15) is 36.8 Å². The van der Waals surface area contributed by atoms with Crippen molar-refractivity contribution in [3.8, 4) is 0 Å². The van der Waals surface area contributed by atoms with Crippen molar-refractivity contribution in [3.05, 3.63) is 23.3 Å². The lowest BCUT2D eigenvalue weighted by atomic mass is 10.1. The predicted octanol–water partition coefficient (Wildman–Crippen LogP) is 2.45. The van der Waals surface area contributed by atoms with E-state index in [0.29, 0.717) is 18.8 Å². The molecule has 0 spiro atoms. The molecule has 1 aromatic rings. The third-order valence-electron chi connectivity index (χ3n) is 3.81. The molecule has 5 heteroatoms. The van der Waals surface area contributed by atoms with Gasteiger partial charge in [-0.1, -0.05) is 12.8 Å².